The van der Waals surface area contributed by atoms with Gasteiger partial charge in [0.15, 0.2) is 0 Å². The SMILES string of the molecule is CCN(CC)C(=O)N[C@H]1C[C@@H]2c3cccc4[nH]c(SCc5ccccc5)c(c34)C[C@H]2N(C)C1. The lowest BCUT2D eigenvalue weighted by molar-refractivity contribution is 0.123. The van der Waals surface area contributed by atoms with Crippen LogP contribution in [-0.2, 0) is 12.2 Å². The minimum absolute atomic E-state index is 0.0628. The van der Waals surface area contributed by atoms with Gasteiger partial charge in [-0.1, -0.05) is 42.5 Å². The van der Waals surface area contributed by atoms with Gasteiger partial charge in [-0.25, -0.2) is 4.79 Å². The number of fused-ring (bicyclic) bond motifs is 2. The molecule has 6 heteroatoms. The van der Waals surface area contributed by atoms with Crippen LogP contribution < -0.4 is 5.32 Å². The van der Waals surface area contributed by atoms with Crippen molar-refractivity contribution in [3.05, 3.63) is 65.2 Å². The van der Waals surface area contributed by atoms with Gasteiger partial charge in [0.1, 0.15) is 0 Å². The standard InChI is InChI=1S/C27H34N4OS/c1-4-31(5-2)27(32)28-19-14-21-20-12-9-13-23-25(20)22(15-24(21)30(3)16-19)26(29-23)33-17-18-10-7-6-8-11-18/h6-13,19,21,24,29H,4-5,14-17H2,1-3H3,(H,28,32)/t19-,21+,24+/m0/s1. The van der Waals surface area contributed by atoms with Gasteiger partial charge in [0.2, 0.25) is 0 Å². The number of carbonyl (C=O) groups excluding carboxylic acids is 1. The van der Waals surface area contributed by atoms with Crippen molar-refractivity contribution in [3.8, 4) is 0 Å². The molecule has 2 heterocycles. The Bertz CT molecular complexity index is 1120. The molecule has 3 atom stereocenters. The molecule has 0 spiro atoms. The largest absolute Gasteiger partial charge is 0.349 e. The Balaban J connectivity index is 1.41. The van der Waals surface area contributed by atoms with Crippen LogP contribution in [0.15, 0.2) is 53.6 Å². The number of piperidine rings is 1. The molecule has 3 aromatic rings. The van der Waals surface area contributed by atoms with Gasteiger partial charge in [-0.3, -0.25) is 0 Å². The van der Waals surface area contributed by atoms with Gasteiger partial charge >= 0.3 is 6.03 Å². The van der Waals surface area contributed by atoms with E-state index >= 15 is 0 Å². The number of carbonyl (C=O) groups is 1. The summed E-state index contributed by atoms with van der Waals surface area (Å²) in [4.78, 5) is 20.8. The number of nitrogens with zero attached hydrogens (tertiary/aromatic N) is 2. The van der Waals surface area contributed by atoms with Crippen molar-refractivity contribution in [3.63, 3.8) is 0 Å². The second-order valence-corrected chi connectivity index (χ2v) is 10.3. The highest BCUT2D eigenvalue weighted by Crippen LogP contribution is 2.46. The average molecular weight is 463 g/mol. The number of likely N-dealkylation sites (tertiary alicyclic amines) is 1. The van der Waals surface area contributed by atoms with Crippen LogP contribution >= 0.6 is 11.8 Å². The highest BCUT2D eigenvalue weighted by Gasteiger charge is 2.40. The zero-order chi connectivity index (χ0) is 22.9. The number of hydrogen-bond acceptors (Lipinski definition) is 3. The molecule has 2 N–H and O–H groups in total. The maximum atomic E-state index is 12.7. The summed E-state index contributed by atoms with van der Waals surface area (Å²) in [6.07, 6.45) is 2.06. The zero-order valence-electron chi connectivity index (χ0n) is 19.8. The fraction of sp³-hybridized carbons (Fsp3) is 0.444. The van der Waals surface area contributed by atoms with Crippen LogP contribution in [0.3, 0.4) is 0 Å². The lowest BCUT2D eigenvalue weighted by Gasteiger charge is -2.46. The molecular weight excluding hydrogens is 428 g/mol. The van der Waals surface area contributed by atoms with Gasteiger partial charge in [0, 0.05) is 54.3 Å². The fourth-order valence-electron chi connectivity index (χ4n) is 5.73. The normalized spacial score (nSPS) is 22.2. The van der Waals surface area contributed by atoms with E-state index in [1.165, 1.54) is 32.6 Å². The van der Waals surface area contributed by atoms with Crippen LogP contribution in [-0.4, -0.2) is 59.6 Å². The molecule has 2 aromatic carbocycles. The van der Waals surface area contributed by atoms with E-state index in [0.717, 1.165) is 38.2 Å². The van der Waals surface area contributed by atoms with Crippen LogP contribution in [0.1, 0.15) is 42.9 Å². The molecule has 1 aliphatic heterocycles. The zero-order valence-corrected chi connectivity index (χ0v) is 20.6. The molecule has 33 heavy (non-hydrogen) atoms. The third kappa shape index (κ3) is 4.26. The van der Waals surface area contributed by atoms with E-state index in [-0.39, 0.29) is 12.1 Å². The first-order chi connectivity index (χ1) is 16.1. The molecule has 1 saturated heterocycles. The molecule has 1 fully saturated rings. The molecule has 2 aliphatic rings. The molecule has 174 valence electrons. The van der Waals surface area contributed by atoms with Gasteiger partial charge in [-0.05, 0) is 56.5 Å². The molecule has 1 aromatic heterocycles. The summed E-state index contributed by atoms with van der Waals surface area (Å²) in [6, 6.07) is 18.1. The summed E-state index contributed by atoms with van der Waals surface area (Å²) < 4.78 is 0. The Morgan fingerprint density at radius 1 is 1.15 bits per heavy atom. The number of likely N-dealkylation sites (N-methyl/N-ethyl adjacent to an activating group) is 1. The van der Waals surface area contributed by atoms with Crippen molar-refractivity contribution in [1.29, 1.82) is 0 Å². The summed E-state index contributed by atoms with van der Waals surface area (Å²) in [7, 11) is 2.22. The molecule has 2 amide bonds. The Labute approximate surface area is 200 Å². The third-order valence-corrected chi connectivity index (χ3v) is 8.53. The number of benzene rings is 2. The number of urea groups is 1. The minimum Gasteiger partial charge on any atom is -0.349 e. The van der Waals surface area contributed by atoms with Crippen LogP contribution in [0.2, 0.25) is 0 Å². The van der Waals surface area contributed by atoms with E-state index < -0.39 is 0 Å². The van der Waals surface area contributed by atoms with E-state index in [4.69, 9.17) is 0 Å². The van der Waals surface area contributed by atoms with Crippen LogP contribution in [0.4, 0.5) is 4.79 Å². The monoisotopic (exact) mass is 462 g/mol. The molecule has 1 aliphatic carbocycles. The van der Waals surface area contributed by atoms with Crippen molar-refractivity contribution in [2.75, 3.05) is 26.7 Å². The maximum absolute atomic E-state index is 12.7. The number of nitrogens with one attached hydrogen (secondary N) is 2. The maximum Gasteiger partial charge on any atom is 0.317 e. The Morgan fingerprint density at radius 2 is 1.94 bits per heavy atom. The van der Waals surface area contributed by atoms with E-state index in [0.29, 0.717) is 12.0 Å². The first-order valence-electron chi connectivity index (χ1n) is 12.1. The minimum atomic E-state index is 0.0628. The van der Waals surface area contributed by atoms with Crippen molar-refractivity contribution in [2.24, 2.45) is 0 Å². The van der Waals surface area contributed by atoms with Gasteiger partial charge in [0.05, 0.1) is 5.03 Å². The van der Waals surface area contributed by atoms with Crippen molar-refractivity contribution < 1.29 is 4.79 Å². The highest BCUT2D eigenvalue weighted by molar-refractivity contribution is 7.98. The Kier molecular flexibility index (Phi) is 6.39. The summed E-state index contributed by atoms with van der Waals surface area (Å²) in [5.41, 5.74) is 5.51. The van der Waals surface area contributed by atoms with E-state index in [1.807, 2.05) is 30.5 Å². The van der Waals surface area contributed by atoms with Crippen molar-refractivity contribution in [2.45, 2.75) is 55.5 Å². The predicted octanol–water partition coefficient (Wildman–Crippen LogP) is 5.22. The van der Waals surface area contributed by atoms with Crippen LogP contribution in [0.5, 0.6) is 0 Å². The lowest BCUT2D eigenvalue weighted by Crippen LogP contribution is -2.56. The van der Waals surface area contributed by atoms with Crippen molar-refractivity contribution >= 4 is 28.7 Å². The van der Waals surface area contributed by atoms with Gasteiger partial charge in [-0.15, -0.1) is 11.8 Å². The van der Waals surface area contributed by atoms with Crippen LogP contribution in [0, 0.1) is 0 Å². The molecule has 5 rings (SSSR count). The number of aromatic nitrogens is 1. The average Bonchev–Trinajstić information content (AvgIpc) is 3.18. The summed E-state index contributed by atoms with van der Waals surface area (Å²) >= 11 is 1.91. The summed E-state index contributed by atoms with van der Waals surface area (Å²) in [5, 5.41) is 6.04. The van der Waals surface area contributed by atoms with Gasteiger partial charge in [-0.2, -0.15) is 0 Å². The quantitative estimate of drug-likeness (QED) is 0.494. The molecule has 0 saturated carbocycles. The van der Waals surface area contributed by atoms with Gasteiger partial charge < -0.3 is 20.1 Å². The van der Waals surface area contributed by atoms with E-state index in [2.05, 4.69) is 70.8 Å². The first kappa shape index (κ1) is 22.4. The number of hydrogen-bond donors (Lipinski definition) is 2. The highest BCUT2D eigenvalue weighted by atomic mass is 32.2. The van der Waals surface area contributed by atoms with Crippen LogP contribution in [0.25, 0.3) is 10.9 Å². The predicted molar refractivity (Wildman–Crippen MR) is 137 cm³/mol. The number of H-pyrrole nitrogens is 1. The topological polar surface area (TPSA) is 51.4 Å². The fourth-order valence-corrected chi connectivity index (χ4v) is 6.78. The number of amides is 2. The number of rotatable bonds is 6. The molecule has 0 bridgehead atoms. The Morgan fingerprint density at radius 3 is 2.70 bits per heavy atom. The lowest BCUT2D eigenvalue weighted by atomic mass is 9.74. The first-order valence-corrected chi connectivity index (χ1v) is 13.1. The summed E-state index contributed by atoms with van der Waals surface area (Å²) in [6.45, 7) is 6.46. The summed E-state index contributed by atoms with van der Waals surface area (Å²) in [5.74, 6) is 1.41. The number of thioether (sulfide) groups is 1. The molecule has 0 unspecified atom stereocenters. The second-order valence-electron chi connectivity index (χ2n) is 9.35. The number of aromatic amines is 1. The van der Waals surface area contributed by atoms with E-state index in [1.54, 1.807) is 0 Å². The van der Waals surface area contributed by atoms with E-state index in [9.17, 15) is 4.79 Å². The second kappa shape index (κ2) is 9.43. The molecular formula is C27H34N4OS. The Hall–Kier alpha value is -2.44. The smallest absolute Gasteiger partial charge is 0.317 e. The third-order valence-electron chi connectivity index (χ3n) is 7.42. The molecule has 0 radical (unpaired) electrons. The van der Waals surface area contributed by atoms with Gasteiger partial charge in [0.25, 0.3) is 0 Å². The molecule has 5 nitrogen and oxygen atoms in total. The van der Waals surface area contributed by atoms with Crippen molar-refractivity contribution in [1.82, 2.24) is 20.1 Å².